The first-order valence-electron chi connectivity index (χ1n) is 12.2. The molecule has 0 spiro atoms. The summed E-state index contributed by atoms with van der Waals surface area (Å²) in [5, 5.41) is 10.7. The van der Waals surface area contributed by atoms with Crippen LogP contribution in [0.1, 0.15) is 17.4 Å². The van der Waals surface area contributed by atoms with Crippen LogP contribution in [0.15, 0.2) is 59.7 Å². The van der Waals surface area contributed by atoms with Gasteiger partial charge in [-0.05, 0) is 38.1 Å². The Kier molecular flexibility index (Phi) is 7.83. The van der Waals surface area contributed by atoms with E-state index >= 15 is 4.39 Å². The molecule has 11 nitrogen and oxygen atoms in total. The molecule has 2 aromatic carbocycles. The highest BCUT2D eigenvalue weighted by Gasteiger charge is 2.63. The molecule has 0 aliphatic carbocycles. The van der Waals surface area contributed by atoms with Crippen LogP contribution in [0.2, 0.25) is 0 Å². The molecule has 4 N–H and O–H groups in total. The lowest BCUT2D eigenvalue weighted by Gasteiger charge is -2.32. The molecule has 16 heteroatoms. The zero-order chi connectivity index (χ0) is 29.5. The Hall–Kier alpha value is -3.49. The summed E-state index contributed by atoms with van der Waals surface area (Å²) in [7, 11) is 0. The molecule has 218 valence electrons. The van der Waals surface area contributed by atoms with Gasteiger partial charge in [0, 0.05) is 11.8 Å². The number of anilines is 1. The van der Waals surface area contributed by atoms with Gasteiger partial charge in [0.15, 0.2) is 29.2 Å². The number of nitrogens with one attached hydrogen (secondary N) is 1. The molecule has 1 fully saturated rings. The molecule has 5 rings (SSSR count). The molecule has 4 aromatic rings. The van der Waals surface area contributed by atoms with Crippen molar-refractivity contribution in [2.24, 2.45) is 0 Å². The lowest BCUT2D eigenvalue weighted by Crippen LogP contribution is -2.50. The zero-order valence-corrected chi connectivity index (χ0v) is 23.3. The number of nitrogen functional groups attached to an aromatic ring is 1. The maximum absolute atomic E-state index is 15.6. The Morgan fingerprint density at radius 2 is 1.71 bits per heavy atom. The Labute approximate surface area is 236 Å². The van der Waals surface area contributed by atoms with Crippen molar-refractivity contribution < 1.29 is 36.6 Å². The molecule has 0 unspecified atom stereocenters. The van der Waals surface area contributed by atoms with E-state index in [1.807, 2.05) is 13.8 Å². The van der Waals surface area contributed by atoms with Gasteiger partial charge < -0.3 is 24.6 Å². The summed E-state index contributed by atoms with van der Waals surface area (Å²) in [5.74, 6) is 0.162. The molecule has 4 atom stereocenters. The number of aromatic nitrogens is 4. The first-order chi connectivity index (χ1) is 19.4. The fraction of sp³-hybridized carbons (Fsp3) is 0.320. The standard InChI is InChI=1S/C25H25F3N5O6PS/c1-13-3-7-15(8-4-13)38-40(41,39-16-9-5-14(2)6-10-16)36-11-25(23(27)28)19(26)18(34)22(37-25)33-12-30-17-20(33)31-24(29)32-21(17)35/h3-10,12,18-19,22-23,34H,11H2,1-2H3,(H3,29,31,32,35)/t18-,19-,22-,25-/m1/s1. The highest BCUT2D eigenvalue weighted by atomic mass is 32.5. The lowest BCUT2D eigenvalue weighted by atomic mass is 9.98. The smallest absolute Gasteiger partial charge is 0.416 e. The van der Waals surface area contributed by atoms with Crippen LogP contribution >= 0.6 is 6.72 Å². The summed E-state index contributed by atoms with van der Waals surface area (Å²) in [6.07, 6.45) is -9.08. The first-order valence-corrected chi connectivity index (χ1v) is 14.7. The Balaban J connectivity index is 1.46. The zero-order valence-electron chi connectivity index (χ0n) is 21.6. The first kappa shape index (κ1) is 29.0. The number of ether oxygens (including phenoxy) is 1. The SMILES string of the molecule is Cc1ccc(OP(=S)(OC[C@@]2(C(F)F)O[C@@H](n3cnc4c(=O)[nH]c(N)nc43)[C@H](O)[C@H]2F)Oc2ccc(C)cc2)cc1. The predicted molar refractivity (Wildman–Crippen MR) is 146 cm³/mol. The molecule has 1 aliphatic heterocycles. The van der Waals surface area contributed by atoms with Crippen LogP contribution in [-0.4, -0.2) is 55.5 Å². The third-order valence-corrected chi connectivity index (χ3v) is 8.50. The molecule has 0 saturated carbocycles. The number of aliphatic hydroxyl groups excluding tert-OH is 1. The van der Waals surface area contributed by atoms with E-state index in [4.69, 9.17) is 35.8 Å². The van der Waals surface area contributed by atoms with E-state index in [0.29, 0.717) is 0 Å². The van der Waals surface area contributed by atoms with Crippen LogP contribution in [0.25, 0.3) is 11.2 Å². The van der Waals surface area contributed by atoms with Crippen molar-refractivity contribution in [2.75, 3.05) is 12.3 Å². The van der Waals surface area contributed by atoms with Gasteiger partial charge in [-0.2, -0.15) is 4.98 Å². The minimum Gasteiger partial charge on any atom is -0.416 e. The van der Waals surface area contributed by atoms with E-state index < -0.39 is 49.4 Å². The number of benzene rings is 2. The Morgan fingerprint density at radius 1 is 1.15 bits per heavy atom. The number of halogens is 3. The fourth-order valence-corrected chi connectivity index (χ4v) is 6.14. The number of aromatic amines is 1. The van der Waals surface area contributed by atoms with Gasteiger partial charge >= 0.3 is 6.72 Å². The third-order valence-electron chi connectivity index (χ3n) is 6.42. The van der Waals surface area contributed by atoms with E-state index in [0.717, 1.165) is 22.0 Å². The molecule has 0 amide bonds. The molecular weight excluding hydrogens is 586 g/mol. The topological polar surface area (TPSA) is 147 Å². The number of imidazole rings is 1. The average Bonchev–Trinajstić information content (AvgIpc) is 3.45. The van der Waals surface area contributed by atoms with Crippen molar-refractivity contribution in [1.82, 2.24) is 19.5 Å². The van der Waals surface area contributed by atoms with Crippen LogP contribution < -0.4 is 20.3 Å². The number of aryl methyl sites for hydroxylation is 2. The number of hydrogen-bond donors (Lipinski definition) is 3. The highest BCUT2D eigenvalue weighted by Crippen LogP contribution is 2.53. The van der Waals surface area contributed by atoms with E-state index in [2.05, 4.69) is 15.0 Å². The summed E-state index contributed by atoms with van der Waals surface area (Å²) in [6.45, 7) is -1.37. The number of nitrogens with zero attached hydrogens (tertiary/aromatic N) is 3. The second-order valence-corrected chi connectivity index (χ2v) is 12.3. The lowest BCUT2D eigenvalue weighted by molar-refractivity contribution is -0.182. The minimum absolute atomic E-state index is 0.205. The normalized spacial score (nSPS) is 22.9. The summed E-state index contributed by atoms with van der Waals surface area (Å²) >= 11 is 5.55. The molecule has 0 radical (unpaired) electrons. The average molecular weight is 612 g/mol. The number of H-pyrrole nitrogens is 1. The number of nitrogens with two attached hydrogens (primary N) is 1. The van der Waals surface area contributed by atoms with Crippen LogP contribution in [0.3, 0.4) is 0 Å². The van der Waals surface area contributed by atoms with Gasteiger partial charge in [0.25, 0.3) is 12.0 Å². The van der Waals surface area contributed by atoms with Crippen molar-refractivity contribution in [3.8, 4) is 11.5 Å². The second kappa shape index (κ2) is 11.1. The molecule has 0 bridgehead atoms. The van der Waals surface area contributed by atoms with Gasteiger partial charge in [0.2, 0.25) is 5.95 Å². The van der Waals surface area contributed by atoms with Crippen LogP contribution in [0.4, 0.5) is 19.1 Å². The van der Waals surface area contributed by atoms with E-state index in [1.54, 1.807) is 48.5 Å². The number of fused-ring (bicyclic) bond motifs is 1. The summed E-state index contributed by atoms with van der Waals surface area (Å²) in [4.78, 5) is 22.2. The largest absolute Gasteiger partial charge is 0.435 e. The van der Waals surface area contributed by atoms with Crippen molar-refractivity contribution in [1.29, 1.82) is 0 Å². The number of hydrogen-bond acceptors (Lipinski definition) is 10. The van der Waals surface area contributed by atoms with Crippen molar-refractivity contribution in [3.05, 3.63) is 76.3 Å². The van der Waals surface area contributed by atoms with Gasteiger partial charge in [-0.1, -0.05) is 35.4 Å². The summed E-state index contributed by atoms with van der Waals surface area (Å²) in [6, 6.07) is 13.3. The maximum atomic E-state index is 15.6. The van der Waals surface area contributed by atoms with Gasteiger partial charge in [-0.3, -0.25) is 18.9 Å². The van der Waals surface area contributed by atoms with Crippen molar-refractivity contribution in [3.63, 3.8) is 0 Å². The van der Waals surface area contributed by atoms with Crippen LogP contribution in [-0.2, 0) is 21.1 Å². The molecule has 1 saturated heterocycles. The van der Waals surface area contributed by atoms with Crippen LogP contribution in [0, 0.1) is 13.8 Å². The Morgan fingerprint density at radius 3 is 2.24 bits per heavy atom. The van der Waals surface area contributed by atoms with Gasteiger partial charge in [0.1, 0.15) is 17.6 Å². The second-order valence-electron chi connectivity index (χ2n) is 9.46. The quantitative estimate of drug-likeness (QED) is 0.238. The third kappa shape index (κ3) is 5.68. The molecule has 2 aromatic heterocycles. The van der Waals surface area contributed by atoms with E-state index in [1.165, 1.54) is 0 Å². The number of rotatable bonds is 9. The highest BCUT2D eigenvalue weighted by molar-refractivity contribution is 8.07. The number of alkyl halides is 3. The van der Waals surface area contributed by atoms with Gasteiger partial charge in [-0.15, -0.1) is 0 Å². The van der Waals surface area contributed by atoms with Crippen molar-refractivity contribution in [2.45, 2.75) is 44.4 Å². The number of aliphatic hydroxyl groups is 1. The maximum Gasteiger partial charge on any atom is 0.435 e. The molecule has 41 heavy (non-hydrogen) atoms. The van der Waals surface area contributed by atoms with E-state index in [9.17, 15) is 18.7 Å². The fourth-order valence-electron chi connectivity index (χ4n) is 4.20. The van der Waals surface area contributed by atoms with Crippen LogP contribution in [0.5, 0.6) is 11.5 Å². The summed E-state index contributed by atoms with van der Waals surface area (Å²) in [5.41, 5.74) is 3.29. The molecule has 3 heterocycles. The van der Waals surface area contributed by atoms with Crippen molar-refractivity contribution >= 4 is 35.6 Å². The minimum atomic E-state index is -3.93. The van der Waals surface area contributed by atoms with Gasteiger partial charge in [0.05, 0.1) is 12.9 Å². The molecule has 1 aliphatic rings. The monoisotopic (exact) mass is 611 g/mol. The predicted octanol–water partition coefficient (Wildman–Crippen LogP) is 3.95. The Bertz CT molecular complexity index is 1600. The summed E-state index contributed by atoms with van der Waals surface area (Å²) < 4.78 is 68.6. The molecular formula is C25H25F3N5O6PS. The van der Waals surface area contributed by atoms with Gasteiger partial charge in [-0.25, -0.2) is 18.2 Å². The van der Waals surface area contributed by atoms with E-state index in [-0.39, 0.29) is 28.6 Å².